The zero-order valence-electron chi connectivity index (χ0n) is 11.9. The number of halogens is 1. The summed E-state index contributed by atoms with van der Waals surface area (Å²) in [6.45, 7) is 0. The summed E-state index contributed by atoms with van der Waals surface area (Å²) in [6.07, 6.45) is 8.29. The minimum absolute atomic E-state index is 0.113. The minimum Gasteiger partial charge on any atom is -0.300 e. The van der Waals surface area contributed by atoms with Crippen LogP contribution in [0.4, 0.5) is 10.2 Å². The van der Waals surface area contributed by atoms with Gasteiger partial charge in [0.05, 0.1) is 6.20 Å². The van der Waals surface area contributed by atoms with E-state index in [1.165, 1.54) is 31.7 Å². The van der Waals surface area contributed by atoms with Gasteiger partial charge < -0.3 is 0 Å². The van der Waals surface area contributed by atoms with Gasteiger partial charge in [-0.05, 0) is 62.5 Å². The molecule has 2 aliphatic rings. The highest BCUT2D eigenvalue weighted by atomic mass is 19.1. The van der Waals surface area contributed by atoms with E-state index in [2.05, 4.69) is 4.98 Å². The molecule has 0 aliphatic heterocycles. The lowest BCUT2D eigenvalue weighted by Gasteiger charge is -2.30. The average Bonchev–Trinajstić information content (AvgIpc) is 3.31. The van der Waals surface area contributed by atoms with E-state index in [1.54, 1.807) is 18.0 Å². The van der Waals surface area contributed by atoms with Crippen molar-refractivity contribution >= 4 is 11.7 Å². The van der Waals surface area contributed by atoms with Crippen LogP contribution in [-0.2, 0) is 4.79 Å². The Labute approximate surface area is 119 Å². The molecule has 2 aliphatic carbocycles. The number of amides is 1. The van der Waals surface area contributed by atoms with Crippen molar-refractivity contribution in [3.8, 4) is 0 Å². The Balaban J connectivity index is 1.59. The van der Waals surface area contributed by atoms with Gasteiger partial charge in [0.2, 0.25) is 5.91 Å². The maximum absolute atomic E-state index is 12.9. The highest BCUT2D eigenvalue weighted by Gasteiger charge is 2.36. The van der Waals surface area contributed by atoms with E-state index in [0.29, 0.717) is 5.82 Å². The summed E-state index contributed by atoms with van der Waals surface area (Å²) in [5, 5.41) is 0. The standard InChI is InChI=1S/C16H21FN2O/c1-19(15-9-8-14(17)10-18-15)16(20)13-6-4-12(5-7-13)11-2-3-11/h8-13H,2-7H2,1H3. The molecule has 108 valence electrons. The summed E-state index contributed by atoms with van der Waals surface area (Å²) in [4.78, 5) is 18.0. The first-order valence-electron chi connectivity index (χ1n) is 7.54. The molecule has 4 heteroatoms. The number of hydrogen-bond acceptors (Lipinski definition) is 2. The predicted octanol–water partition coefficient (Wildman–Crippen LogP) is 3.40. The Hall–Kier alpha value is -1.45. The average molecular weight is 276 g/mol. The zero-order valence-corrected chi connectivity index (χ0v) is 11.9. The number of rotatable bonds is 3. The molecule has 2 saturated carbocycles. The zero-order chi connectivity index (χ0) is 14.1. The second-order valence-corrected chi connectivity index (χ2v) is 6.18. The van der Waals surface area contributed by atoms with Crippen LogP contribution >= 0.6 is 0 Å². The molecule has 2 fully saturated rings. The van der Waals surface area contributed by atoms with Crippen molar-refractivity contribution in [2.24, 2.45) is 17.8 Å². The van der Waals surface area contributed by atoms with Gasteiger partial charge >= 0.3 is 0 Å². The molecule has 1 amide bonds. The summed E-state index contributed by atoms with van der Waals surface area (Å²) in [5.41, 5.74) is 0. The first kappa shape index (κ1) is 13.5. The molecule has 0 atom stereocenters. The molecule has 0 unspecified atom stereocenters. The van der Waals surface area contributed by atoms with Gasteiger partial charge in [0.15, 0.2) is 0 Å². The summed E-state index contributed by atoms with van der Waals surface area (Å²) in [6, 6.07) is 2.90. The second kappa shape index (κ2) is 5.51. The highest BCUT2D eigenvalue weighted by molar-refractivity contribution is 5.93. The largest absolute Gasteiger partial charge is 0.300 e. The van der Waals surface area contributed by atoms with Crippen LogP contribution in [0.2, 0.25) is 0 Å². The maximum Gasteiger partial charge on any atom is 0.230 e. The Morgan fingerprint density at radius 2 is 1.75 bits per heavy atom. The minimum atomic E-state index is -0.375. The maximum atomic E-state index is 12.9. The Kier molecular flexibility index (Phi) is 3.72. The predicted molar refractivity (Wildman–Crippen MR) is 75.8 cm³/mol. The molecule has 1 heterocycles. The third kappa shape index (κ3) is 2.84. The smallest absolute Gasteiger partial charge is 0.230 e. The van der Waals surface area contributed by atoms with Gasteiger partial charge in [0.1, 0.15) is 11.6 Å². The molecule has 20 heavy (non-hydrogen) atoms. The number of pyridine rings is 1. The van der Waals surface area contributed by atoms with Gasteiger partial charge in [0.25, 0.3) is 0 Å². The van der Waals surface area contributed by atoms with Crippen molar-refractivity contribution in [1.29, 1.82) is 0 Å². The van der Waals surface area contributed by atoms with Crippen molar-refractivity contribution in [3.63, 3.8) is 0 Å². The van der Waals surface area contributed by atoms with Crippen LogP contribution in [0.5, 0.6) is 0 Å². The topological polar surface area (TPSA) is 33.2 Å². The van der Waals surface area contributed by atoms with Crippen molar-refractivity contribution in [3.05, 3.63) is 24.1 Å². The van der Waals surface area contributed by atoms with E-state index < -0.39 is 0 Å². The van der Waals surface area contributed by atoms with Gasteiger partial charge in [-0.25, -0.2) is 9.37 Å². The van der Waals surface area contributed by atoms with Gasteiger partial charge in [0, 0.05) is 13.0 Å². The number of carbonyl (C=O) groups is 1. The number of anilines is 1. The second-order valence-electron chi connectivity index (χ2n) is 6.18. The van der Waals surface area contributed by atoms with E-state index in [1.807, 2.05) is 0 Å². The van der Waals surface area contributed by atoms with Crippen LogP contribution in [0.1, 0.15) is 38.5 Å². The molecule has 0 bridgehead atoms. The molecule has 1 aromatic rings. The van der Waals surface area contributed by atoms with Crippen LogP contribution in [0, 0.1) is 23.6 Å². The first-order valence-corrected chi connectivity index (χ1v) is 7.54. The Bertz CT molecular complexity index is 476. The van der Waals surface area contributed by atoms with E-state index in [9.17, 15) is 9.18 Å². The highest BCUT2D eigenvalue weighted by Crippen LogP contribution is 2.45. The fourth-order valence-corrected chi connectivity index (χ4v) is 3.36. The lowest BCUT2D eigenvalue weighted by Crippen LogP contribution is -2.35. The van der Waals surface area contributed by atoms with Gasteiger partial charge in [-0.3, -0.25) is 9.69 Å². The van der Waals surface area contributed by atoms with E-state index in [4.69, 9.17) is 0 Å². The Morgan fingerprint density at radius 1 is 1.15 bits per heavy atom. The van der Waals surface area contributed by atoms with E-state index in [0.717, 1.165) is 30.9 Å². The molecule has 0 radical (unpaired) electrons. The molecular weight excluding hydrogens is 255 g/mol. The van der Waals surface area contributed by atoms with Gasteiger partial charge in [-0.15, -0.1) is 0 Å². The van der Waals surface area contributed by atoms with Crippen LogP contribution in [0.3, 0.4) is 0 Å². The summed E-state index contributed by atoms with van der Waals surface area (Å²) < 4.78 is 12.9. The number of hydrogen-bond donors (Lipinski definition) is 0. The molecule has 3 nitrogen and oxygen atoms in total. The molecule has 0 spiro atoms. The van der Waals surface area contributed by atoms with Crippen LogP contribution in [0.15, 0.2) is 18.3 Å². The SMILES string of the molecule is CN(C(=O)C1CCC(C2CC2)CC1)c1ccc(F)cn1. The van der Waals surface area contributed by atoms with Crippen molar-refractivity contribution in [2.45, 2.75) is 38.5 Å². The quantitative estimate of drug-likeness (QED) is 0.847. The molecule has 0 N–H and O–H groups in total. The first-order chi connectivity index (χ1) is 9.65. The third-order valence-electron chi connectivity index (χ3n) is 4.80. The fourth-order valence-electron chi connectivity index (χ4n) is 3.36. The molecule has 3 rings (SSSR count). The fraction of sp³-hybridized carbons (Fsp3) is 0.625. The van der Waals surface area contributed by atoms with Gasteiger partial charge in [-0.1, -0.05) is 0 Å². The van der Waals surface area contributed by atoms with E-state index >= 15 is 0 Å². The van der Waals surface area contributed by atoms with Crippen molar-refractivity contribution in [2.75, 3.05) is 11.9 Å². The van der Waals surface area contributed by atoms with Crippen LogP contribution < -0.4 is 4.90 Å². The lowest BCUT2D eigenvalue weighted by atomic mass is 9.79. The van der Waals surface area contributed by atoms with Gasteiger partial charge in [-0.2, -0.15) is 0 Å². The molecule has 1 aromatic heterocycles. The summed E-state index contributed by atoms with van der Waals surface area (Å²) in [7, 11) is 1.73. The monoisotopic (exact) mass is 276 g/mol. The number of aromatic nitrogens is 1. The molecule has 0 aromatic carbocycles. The van der Waals surface area contributed by atoms with E-state index in [-0.39, 0.29) is 17.6 Å². The molecular formula is C16H21FN2O. The Morgan fingerprint density at radius 3 is 2.25 bits per heavy atom. The molecule has 0 saturated heterocycles. The van der Waals surface area contributed by atoms with Crippen molar-refractivity contribution in [1.82, 2.24) is 4.98 Å². The summed E-state index contributed by atoms with van der Waals surface area (Å²) in [5.74, 6) is 2.19. The van der Waals surface area contributed by atoms with Crippen LogP contribution in [-0.4, -0.2) is 17.9 Å². The normalized spacial score (nSPS) is 26.3. The number of nitrogens with zero attached hydrogens (tertiary/aromatic N) is 2. The van der Waals surface area contributed by atoms with Crippen LogP contribution in [0.25, 0.3) is 0 Å². The number of carbonyl (C=O) groups excluding carboxylic acids is 1. The lowest BCUT2D eigenvalue weighted by molar-refractivity contribution is -0.123. The van der Waals surface area contributed by atoms with Crippen molar-refractivity contribution < 1.29 is 9.18 Å². The summed E-state index contributed by atoms with van der Waals surface area (Å²) >= 11 is 0. The third-order valence-corrected chi connectivity index (χ3v) is 4.80.